The van der Waals surface area contributed by atoms with E-state index in [1.54, 1.807) is 0 Å². The van der Waals surface area contributed by atoms with E-state index < -0.39 is 0 Å². The molecule has 60 valence electrons. The number of rotatable bonds is 1. The van der Waals surface area contributed by atoms with Crippen LogP contribution >= 0.6 is 11.6 Å². The first-order chi connectivity index (χ1) is 5.90. The van der Waals surface area contributed by atoms with Gasteiger partial charge in [-0.05, 0) is 0 Å². The van der Waals surface area contributed by atoms with Crippen molar-refractivity contribution in [1.82, 2.24) is 0 Å². The van der Waals surface area contributed by atoms with Crippen LogP contribution in [0.3, 0.4) is 0 Å². The monoisotopic (exact) mass is 182 g/mol. The zero-order chi connectivity index (χ0) is 8.39. The van der Waals surface area contributed by atoms with Crippen LogP contribution in [-0.2, 0) is 5.88 Å². The Morgan fingerprint density at radius 2 is 1.85 bits per heavy atom. The maximum atomic E-state index is 5.70. The molecule has 0 aromatic heterocycles. The van der Waals surface area contributed by atoms with Crippen molar-refractivity contribution >= 4 is 22.4 Å². The summed E-state index contributed by atoms with van der Waals surface area (Å²) in [6, 6.07) is 15.4. The van der Waals surface area contributed by atoms with Crippen molar-refractivity contribution in [2.75, 3.05) is 0 Å². The van der Waals surface area contributed by atoms with Crippen LogP contribution in [0.15, 0.2) is 36.4 Å². The summed E-state index contributed by atoms with van der Waals surface area (Å²) in [4.78, 5) is 0. The van der Waals surface area contributed by atoms with Gasteiger partial charge in [-0.3, -0.25) is 0 Å². The number of fused-ring (bicyclic) bond motifs is 1. The quantitative estimate of drug-likeness (QED) is 0.340. The minimum Gasteiger partial charge on any atom is -0.179 e. The Kier molecular flexibility index (Phi) is 3.87. The Hall–Kier alpha value is -0.413. The standard InChI is InChI=1S/C11H8Cl.Li/c12-8-9-5-6-10-3-1-2-4-11(10)7-9;/h1-4,6-7H,8H2;/q-1;+1. The maximum Gasteiger partial charge on any atom is 1.00 e. The SMILES string of the molecule is ClCc1[c-]cc2ccccc2c1.[Li+]. The normalized spacial score (nSPS) is 9.62. The molecule has 0 bridgehead atoms. The van der Waals surface area contributed by atoms with Gasteiger partial charge in [0.1, 0.15) is 0 Å². The summed E-state index contributed by atoms with van der Waals surface area (Å²) in [5.74, 6) is 0.533. The average Bonchev–Trinajstić information content (AvgIpc) is 2.17. The first-order valence-electron chi connectivity index (χ1n) is 3.85. The van der Waals surface area contributed by atoms with Gasteiger partial charge in [0.05, 0.1) is 0 Å². The van der Waals surface area contributed by atoms with E-state index in [9.17, 15) is 0 Å². The van der Waals surface area contributed by atoms with Crippen LogP contribution in [0.2, 0.25) is 0 Å². The number of hydrogen-bond acceptors (Lipinski definition) is 0. The van der Waals surface area contributed by atoms with Crippen molar-refractivity contribution in [1.29, 1.82) is 0 Å². The fourth-order valence-corrected chi connectivity index (χ4v) is 1.41. The molecule has 2 heteroatoms. The van der Waals surface area contributed by atoms with Crippen molar-refractivity contribution in [3.8, 4) is 0 Å². The van der Waals surface area contributed by atoms with E-state index in [4.69, 9.17) is 11.6 Å². The van der Waals surface area contributed by atoms with Crippen LogP contribution in [-0.4, -0.2) is 0 Å². The molecule has 0 spiro atoms. The molecule has 2 rings (SSSR count). The van der Waals surface area contributed by atoms with Crippen molar-refractivity contribution in [2.24, 2.45) is 0 Å². The molecule has 0 radical (unpaired) electrons. The van der Waals surface area contributed by atoms with E-state index in [1.807, 2.05) is 18.2 Å². The second-order valence-corrected chi connectivity index (χ2v) is 2.99. The average molecular weight is 183 g/mol. The minimum absolute atomic E-state index is 0. The number of hydrogen-bond donors (Lipinski definition) is 0. The molecule has 0 atom stereocenters. The molecule has 0 heterocycles. The van der Waals surface area contributed by atoms with Crippen LogP contribution in [0.1, 0.15) is 5.56 Å². The zero-order valence-corrected chi connectivity index (χ0v) is 8.31. The Morgan fingerprint density at radius 3 is 2.54 bits per heavy atom. The molecular weight excluding hydrogens is 175 g/mol. The van der Waals surface area contributed by atoms with Crippen molar-refractivity contribution < 1.29 is 18.9 Å². The Labute approximate surface area is 95.1 Å². The molecule has 0 saturated heterocycles. The summed E-state index contributed by atoms with van der Waals surface area (Å²) in [5, 5.41) is 2.44. The smallest absolute Gasteiger partial charge is 0.179 e. The van der Waals surface area contributed by atoms with Gasteiger partial charge in [0.25, 0.3) is 0 Å². The fourth-order valence-electron chi connectivity index (χ4n) is 1.25. The van der Waals surface area contributed by atoms with Gasteiger partial charge in [0.15, 0.2) is 0 Å². The van der Waals surface area contributed by atoms with E-state index in [1.165, 1.54) is 10.8 Å². The number of alkyl halides is 1. The van der Waals surface area contributed by atoms with Crippen molar-refractivity contribution in [2.45, 2.75) is 5.88 Å². The van der Waals surface area contributed by atoms with Crippen molar-refractivity contribution in [3.63, 3.8) is 0 Å². The maximum absolute atomic E-state index is 5.70. The van der Waals surface area contributed by atoms with E-state index >= 15 is 0 Å². The summed E-state index contributed by atoms with van der Waals surface area (Å²) in [6.07, 6.45) is 0. The van der Waals surface area contributed by atoms with Crippen molar-refractivity contribution in [3.05, 3.63) is 48.0 Å². The molecule has 0 nitrogen and oxygen atoms in total. The summed E-state index contributed by atoms with van der Waals surface area (Å²) in [5.41, 5.74) is 1.05. The molecule has 13 heavy (non-hydrogen) atoms. The third-order valence-corrected chi connectivity index (χ3v) is 2.17. The fraction of sp³-hybridized carbons (Fsp3) is 0.0909. The van der Waals surface area contributed by atoms with E-state index in [2.05, 4.69) is 24.3 Å². The topological polar surface area (TPSA) is 0 Å². The number of benzene rings is 2. The van der Waals surface area contributed by atoms with Crippen LogP contribution in [0.25, 0.3) is 10.8 Å². The van der Waals surface area contributed by atoms with Gasteiger partial charge in [-0.25, -0.2) is 0 Å². The largest absolute Gasteiger partial charge is 1.00 e. The third kappa shape index (κ3) is 2.29. The summed E-state index contributed by atoms with van der Waals surface area (Å²) < 4.78 is 0. The van der Waals surface area contributed by atoms with Gasteiger partial charge in [-0.1, -0.05) is 18.2 Å². The molecule has 2 aromatic rings. The van der Waals surface area contributed by atoms with Crippen LogP contribution in [0, 0.1) is 6.07 Å². The molecule has 0 aliphatic rings. The summed E-state index contributed by atoms with van der Waals surface area (Å²) in [6.45, 7) is 0. The van der Waals surface area contributed by atoms with Gasteiger partial charge in [0, 0.05) is 5.88 Å². The Balaban J connectivity index is 0.000000845. The predicted octanol–water partition coefficient (Wildman–Crippen LogP) is 0.383. The predicted molar refractivity (Wildman–Crippen MR) is 52.3 cm³/mol. The Morgan fingerprint density at radius 1 is 1.15 bits per heavy atom. The van der Waals surface area contributed by atoms with E-state index in [-0.39, 0.29) is 18.9 Å². The molecule has 0 aliphatic heterocycles. The first-order valence-corrected chi connectivity index (χ1v) is 4.39. The van der Waals surface area contributed by atoms with Crippen LogP contribution in [0.5, 0.6) is 0 Å². The van der Waals surface area contributed by atoms with E-state index in [0.717, 1.165) is 5.56 Å². The number of halogens is 1. The second-order valence-electron chi connectivity index (χ2n) is 2.72. The van der Waals surface area contributed by atoms with Gasteiger partial charge in [-0.2, -0.15) is 18.2 Å². The van der Waals surface area contributed by atoms with Gasteiger partial charge in [-0.15, -0.1) is 34.0 Å². The molecular formula is C11H8ClLi. The molecule has 0 N–H and O–H groups in total. The minimum atomic E-state index is 0. The van der Waals surface area contributed by atoms with Gasteiger partial charge < -0.3 is 0 Å². The molecule has 0 fully saturated rings. The molecule has 0 saturated carbocycles. The molecule has 0 unspecified atom stereocenters. The third-order valence-electron chi connectivity index (χ3n) is 1.88. The Bertz CT molecular complexity index is 398. The first kappa shape index (κ1) is 10.7. The second kappa shape index (κ2) is 4.72. The van der Waals surface area contributed by atoms with Gasteiger partial charge >= 0.3 is 18.9 Å². The summed E-state index contributed by atoms with van der Waals surface area (Å²) >= 11 is 5.70. The zero-order valence-electron chi connectivity index (χ0n) is 7.55. The summed E-state index contributed by atoms with van der Waals surface area (Å²) in [7, 11) is 0. The van der Waals surface area contributed by atoms with Crippen LogP contribution in [0.4, 0.5) is 0 Å². The molecule has 2 aromatic carbocycles. The molecule has 0 aliphatic carbocycles. The van der Waals surface area contributed by atoms with Crippen LogP contribution < -0.4 is 18.9 Å². The van der Waals surface area contributed by atoms with Gasteiger partial charge in [0.2, 0.25) is 0 Å². The van der Waals surface area contributed by atoms with E-state index in [0.29, 0.717) is 5.88 Å². The molecule has 0 amide bonds.